The molecule has 0 fully saturated rings. The van der Waals surface area contributed by atoms with Gasteiger partial charge in [0.25, 0.3) is 5.91 Å². The first-order chi connectivity index (χ1) is 8.72. The maximum Gasteiger partial charge on any atom is 0.255 e. The molecule has 3 nitrogen and oxygen atoms in total. The monoisotopic (exact) mass is 280 g/mol. The summed E-state index contributed by atoms with van der Waals surface area (Å²) in [5.74, 6) is -0.0571. The molecular formula is C13H13ClN2OS. The Kier molecular flexibility index (Phi) is 4.33. The lowest BCUT2D eigenvalue weighted by Crippen LogP contribution is -2.30. The second-order valence-corrected chi connectivity index (χ2v) is 5.19. The zero-order valence-electron chi connectivity index (χ0n) is 9.97. The zero-order valence-corrected chi connectivity index (χ0v) is 11.5. The summed E-state index contributed by atoms with van der Waals surface area (Å²) in [5.41, 5.74) is 0.505. The van der Waals surface area contributed by atoms with E-state index in [0.717, 1.165) is 4.88 Å². The van der Waals surface area contributed by atoms with Crippen LogP contribution in [0.1, 0.15) is 22.2 Å². The number of carbonyl (C=O) groups excluding carboxylic acids is 1. The Balaban J connectivity index is 2.18. The van der Waals surface area contributed by atoms with Crippen LogP contribution in [0.25, 0.3) is 0 Å². The van der Waals surface area contributed by atoms with Crippen molar-refractivity contribution in [2.45, 2.75) is 13.5 Å². The number of rotatable bonds is 4. The van der Waals surface area contributed by atoms with E-state index < -0.39 is 0 Å². The molecule has 2 heterocycles. The van der Waals surface area contributed by atoms with Crippen LogP contribution in [0, 0.1) is 0 Å². The van der Waals surface area contributed by atoms with E-state index in [0.29, 0.717) is 23.7 Å². The van der Waals surface area contributed by atoms with Crippen molar-refractivity contribution < 1.29 is 4.79 Å². The van der Waals surface area contributed by atoms with Gasteiger partial charge in [0.15, 0.2) is 0 Å². The number of pyridine rings is 1. The topological polar surface area (TPSA) is 33.2 Å². The highest BCUT2D eigenvalue weighted by Crippen LogP contribution is 2.18. The second-order valence-electron chi connectivity index (χ2n) is 3.75. The maximum absolute atomic E-state index is 12.3. The average Bonchev–Trinajstić information content (AvgIpc) is 2.88. The second kappa shape index (κ2) is 5.98. The number of nitrogens with zero attached hydrogens (tertiary/aromatic N) is 2. The summed E-state index contributed by atoms with van der Waals surface area (Å²) in [6.07, 6.45) is 3.08. The Labute approximate surface area is 115 Å². The molecule has 2 aromatic heterocycles. The highest BCUT2D eigenvalue weighted by Gasteiger charge is 2.17. The number of hydrogen-bond donors (Lipinski definition) is 0. The van der Waals surface area contributed by atoms with E-state index >= 15 is 0 Å². The van der Waals surface area contributed by atoms with Gasteiger partial charge in [0.2, 0.25) is 0 Å². The molecule has 0 radical (unpaired) electrons. The number of hydrogen-bond acceptors (Lipinski definition) is 3. The molecule has 2 rings (SSSR count). The lowest BCUT2D eigenvalue weighted by molar-refractivity contribution is 0.0754. The first-order valence-corrected chi connectivity index (χ1v) is 6.89. The van der Waals surface area contributed by atoms with Crippen molar-refractivity contribution in [2.75, 3.05) is 6.54 Å². The summed E-state index contributed by atoms with van der Waals surface area (Å²) in [6.45, 7) is 3.22. The van der Waals surface area contributed by atoms with E-state index in [1.54, 1.807) is 28.5 Å². The first-order valence-electron chi connectivity index (χ1n) is 5.63. The van der Waals surface area contributed by atoms with E-state index in [9.17, 15) is 4.79 Å². The molecule has 5 heteroatoms. The molecule has 0 aliphatic heterocycles. The molecule has 1 amide bonds. The van der Waals surface area contributed by atoms with E-state index in [4.69, 9.17) is 11.6 Å². The molecule has 0 atom stereocenters. The van der Waals surface area contributed by atoms with Crippen LogP contribution in [0.4, 0.5) is 0 Å². The molecule has 0 saturated heterocycles. The Morgan fingerprint density at radius 2 is 2.33 bits per heavy atom. The predicted molar refractivity (Wildman–Crippen MR) is 74.0 cm³/mol. The fourth-order valence-electron chi connectivity index (χ4n) is 1.64. The van der Waals surface area contributed by atoms with E-state index in [1.165, 1.54) is 6.20 Å². The van der Waals surface area contributed by atoms with Crippen molar-refractivity contribution >= 4 is 28.8 Å². The van der Waals surface area contributed by atoms with E-state index in [-0.39, 0.29) is 5.91 Å². The van der Waals surface area contributed by atoms with Gasteiger partial charge in [-0.25, -0.2) is 0 Å². The molecular weight excluding hydrogens is 268 g/mol. The molecule has 0 N–H and O–H groups in total. The molecule has 94 valence electrons. The van der Waals surface area contributed by atoms with Gasteiger partial charge in [0, 0.05) is 23.8 Å². The molecule has 0 aliphatic carbocycles. The molecule has 2 aromatic rings. The average molecular weight is 281 g/mol. The van der Waals surface area contributed by atoms with Gasteiger partial charge in [-0.1, -0.05) is 17.7 Å². The van der Waals surface area contributed by atoms with Crippen LogP contribution in [-0.4, -0.2) is 22.3 Å². The maximum atomic E-state index is 12.3. The van der Waals surface area contributed by atoms with Gasteiger partial charge in [-0.15, -0.1) is 11.3 Å². The van der Waals surface area contributed by atoms with Crippen LogP contribution in [0.5, 0.6) is 0 Å². The SMILES string of the molecule is CCN(Cc1cccs1)C(=O)c1ccncc1Cl. The number of carbonyl (C=O) groups is 1. The van der Waals surface area contributed by atoms with Crippen molar-refractivity contribution in [3.63, 3.8) is 0 Å². The van der Waals surface area contributed by atoms with Crippen molar-refractivity contribution in [1.82, 2.24) is 9.88 Å². The van der Waals surface area contributed by atoms with Gasteiger partial charge in [-0.3, -0.25) is 9.78 Å². The third-order valence-corrected chi connectivity index (χ3v) is 3.76. The van der Waals surface area contributed by atoms with E-state index in [2.05, 4.69) is 4.98 Å². The Morgan fingerprint density at radius 3 is 2.94 bits per heavy atom. The number of aromatic nitrogens is 1. The van der Waals surface area contributed by atoms with Gasteiger partial charge in [0.05, 0.1) is 17.1 Å². The van der Waals surface area contributed by atoms with Gasteiger partial charge in [0.1, 0.15) is 0 Å². The minimum absolute atomic E-state index is 0.0571. The van der Waals surface area contributed by atoms with Crippen molar-refractivity contribution in [3.8, 4) is 0 Å². The van der Waals surface area contributed by atoms with Crippen LogP contribution < -0.4 is 0 Å². The summed E-state index contributed by atoms with van der Waals surface area (Å²) >= 11 is 7.64. The predicted octanol–water partition coefficient (Wildman–Crippen LogP) is 3.46. The van der Waals surface area contributed by atoms with Crippen LogP contribution >= 0.6 is 22.9 Å². The van der Waals surface area contributed by atoms with Crippen LogP contribution in [-0.2, 0) is 6.54 Å². The fraction of sp³-hybridized carbons (Fsp3) is 0.231. The Hall–Kier alpha value is -1.39. The highest BCUT2D eigenvalue weighted by atomic mass is 35.5. The number of amides is 1. The highest BCUT2D eigenvalue weighted by molar-refractivity contribution is 7.09. The molecule has 0 saturated carbocycles. The van der Waals surface area contributed by atoms with Crippen LogP contribution in [0.2, 0.25) is 5.02 Å². The Bertz CT molecular complexity index is 528. The van der Waals surface area contributed by atoms with Crippen LogP contribution in [0.15, 0.2) is 36.0 Å². The third kappa shape index (κ3) is 2.89. The summed E-state index contributed by atoms with van der Waals surface area (Å²) in [7, 11) is 0. The summed E-state index contributed by atoms with van der Waals surface area (Å²) in [5, 5.41) is 2.40. The minimum atomic E-state index is -0.0571. The third-order valence-electron chi connectivity index (χ3n) is 2.60. The van der Waals surface area contributed by atoms with Crippen LogP contribution in [0.3, 0.4) is 0 Å². The fourth-order valence-corrected chi connectivity index (χ4v) is 2.56. The normalized spacial score (nSPS) is 10.3. The number of halogens is 1. The largest absolute Gasteiger partial charge is 0.334 e. The van der Waals surface area contributed by atoms with E-state index in [1.807, 2.05) is 24.4 Å². The summed E-state index contributed by atoms with van der Waals surface area (Å²) in [6, 6.07) is 5.66. The van der Waals surface area contributed by atoms with Gasteiger partial charge < -0.3 is 4.90 Å². The summed E-state index contributed by atoms with van der Waals surface area (Å²) < 4.78 is 0. The van der Waals surface area contributed by atoms with Crippen molar-refractivity contribution in [1.29, 1.82) is 0 Å². The molecule has 0 bridgehead atoms. The summed E-state index contributed by atoms with van der Waals surface area (Å²) in [4.78, 5) is 19.2. The van der Waals surface area contributed by atoms with Gasteiger partial charge in [-0.2, -0.15) is 0 Å². The molecule has 0 unspecified atom stereocenters. The smallest absolute Gasteiger partial charge is 0.255 e. The van der Waals surface area contributed by atoms with Gasteiger partial charge >= 0.3 is 0 Å². The van der Waals surface area contributed by atoms with Crippen molar-refractivity contribution in [3.05, 3.63) is 51.4 Å². The quantitative estimate of drug-likeness (QED) is 0.859. The Morgan fingerprint density at radius 1 is 1.50 bits per heavy atom. The van der Waals surface area contributed by atoms with Crippen molar-refractivity contribution in [2.24, 2.45) is 0 Å². The molecule has 0 aromatic carbocycles. The van der Waals surface area contributed by atoms with Gasteiger partial charge in [-0.05, 0) is 24.4 Å². The molecule has 18 heavy (non-hydrogen) atoms. The molecule has 0 spiro atoms. The zero-order chi connectivity index (χ0) is 13.0. The lowest BCUT2D eigenvalue weighted by Gasteiger charge is -2.20. The number of thiophene rings is 1. The molecule has 0 aliphatic rings. The first kappa shape index (κ1) is 13.1. The standard InChI is InChI=1S/C13H13ClN2OS/c1-2-16(9-10-4-3-7-18-10)13(17)11-5-6-15-8-12(11)14/h3-8H,2,9H2,1H3. The lowest BCUT2D eigenvalue weighted by atomic mass is 10.2. The minimum Gasteiger partial charge on any atom is -0.334 e.